The highest BCUT2D eigenvalue weighted by Crippen LogP contribution is 2.33. The second-order valence-corrected chi connectivity index (χ2v) is 7.55. The predicted molar refractivity (Wildman–Crippen MR) is 102 cm³/mol. The number of carbonyl (C=O) groups excluding carboxylic acids is 1. The van der Waals surface area contributed by atoms with Crippen LogP contribution in [0.15, 0.2) is 12.1 Å². The van der Waals surface area contributed by atoms with Crippen molar-refractivity contribution in [1.82, 2.24) is 9.97 Å². The number of carbonyl (C=O) groups is 1. The molecule has 0 saturated carbocycles. The van der Waals surface area contributed by atoms with Gasteiger partial charge < -0.3 is 14.2 Å². The van der Waals surface area contributed by atoms with Gasteiger partial charge in [-0.3, -0.25) is 0 Å². The molecule has 0 bridgehead atoms. The number of fused-ring (bicyclic) bond motifs is 2. The Kier molecular flexibility index (Phi) is 4.99. The van der Waals surface area contributed by atoms with Crippen molar-refractivity contribution in [2.75, 3.05) is 6.79 Å². The van der Waals surface area contributed by atoms with Crippen LogP contribution in [0.3, 0.4) is 0 Å². The summed E-state index contributed by atoms with van der Waals surface area (Å²) in [5.41, 5.74) is 2.74. The topological polar surface area (TPSA) is 70.5 Å². The Morgan fingerprint density at radius 3 is 2.93 bits per heavy atom. The van der Waals surface area contributed by atoms with E-state index in [0.29, 0.717) is 21.8 Å². The Morgan fingerprint density at radius 1 is 1.32 bits per heavy atom. The van der Waals surface area contributed by atoms with E-state index in [9.17, 15) is 9.18 Å². The third-order valence-electron chi connectivity index (χ3n) is 4.63. The van der Waals surface area contributed by atoms with Gasteiger partial charge in [0.2, 0.25) is 0 Å². The summed E-state index contributed by atoms with van der Waals surface area (Å²) in [6.07, 6.45) is 0.724. The van der Waals surface area contributed by atoms with Crippen molar-refractivity contribution in [3.8, 4) is 5.75 Å². The molecular weight excluding hydrogens is 383 g/mol. The lowest BCUT2D eigenvalue weighted by molar-refractivity contribution is -0.0182. The zero-order valence-electron chi connectivity index (χ0n) is 15.8. The van der Waals surface area contributed by atoms with Crippen molar-refractivity contribution in [3.63, 3.8) is 0 Å². The highest BCUT2D eigenvalue weighted by atomic mass is 32.1. The fourth-order valence-electron chi connectivity index (χ4n) is 3.32. The Morgan fingerprint density at radius 2 is 2.14 bits per heavy atom. The van der Waals surface area contributed by atoms with Gasteiger partial charge in [-0.1, -0.05) is 6.92 Å². The molecule has 8 heteroatoms. The molecular formula is C20H19FN2O4S. The van der Waals surface area contributed by atoms with Crippen molar-refractivity contribution in [1.29, 1.82) is 0 Å². The summed E-state index contributed by atoms with van der Waals surface area (Å²) in [7, 11) is 0. The van der Waals surface area contributed by atoms with E-state index < -0.39 is 11.8 Å². The largest absolute Gasteiger partial charge is 0.467 e. The number of ether oxygens (including phenoxy) is 3. The number of aryl methyl sites for hydroxylation is 3. The highest BCUT2D eigenvalue weighted by molar-refractivity contribution is 7.20. The Labute approximate surface area is 165 Å². The lowest BCUT2D eigenvalue weighted by Gasteiger charge is -2.20. The molecule has 6 nitrogen and oxygen atoms in total. The van der Waals surface area contributed by atoms with Crippen LogP contribution in [0.1, 0.15) is 44.8 Å². The molecule has 3 aromatic rings. The number of aromatic nitrogens is 2. The third-order valence-corrected chi connectivity index (χ3v) is 5.80. The van der Waals surface area contributed by atoms with Crippen molar-refractivity contribution >= 4 is 27.5 Å². The second-order valence-electron chi connectivity index (χ2n) is 6.56. The van der Waals surface area contributed by atoms with E-state index in [1.807, 2.05) is 20.8 Å². The van der Waals surface area contributed by atoms with Gasteiger partial charge in [0.25, 0.3) is 0 Å². The zero-order chi connectivity index (χ0) is 19.8. The molecule has 0 unspecified atom stereocenters. The smallest absolute Gasteiger partial charge is 0.349 e. The number of hydrogen-bond donors (Lipinski definition) is 0. The van der Waals surface area contributed by atoms with E-state index in [0.717, 1.165) is 33.7 Å². The van der Waals surface area contributed by atoms with Crippen LogP contribution < -0.4 is 4.74 Å². The van der Waals surface area contributed by atoms with Gasteiger partial charge in [-0.15, -0.1) is 11.3 Å². The minimum Gasteiger partial charge on any atom is -0.467 e. The molecule has 4 rings (SSSR count). The summed E-state index contributed by atoms with van der Waals surface area (Å²) in [5, 5.41) is 0.887. The maximum Gasteiger partial charge on any atom is 0.349 e. The molecule has 0 aliphatic carbocycles. The van der Waals surface area contributed by atoms with Gasteiger partial charge in [0.05, 0.1) is 6.61 Å². The van der Waals surface area contributed by atoms with Crippen molar-refractivity contribution in [3.05, 3.63) is 51.0 Å². The first kappa shape index (κ1) is 18.8. The standard InChI is InChI=1S/C20H19FN2O4S/c1-4-15-22-11(3)16-10(2)18(28-19(16)23-15)20(24)26-8-13-6-14(21)5-12-7-25-9-27-17(12)13/h5-6H,4,7-9H2,1-3H3. The number of rotatable bonds is 4. The average molecular weight is 402 g/mol. The van der Waals surface area contributed by atoms with Crippen LogP contribution in [0.2, 0.25) is 0 Å². The van der Waals surface area contributed by atoms with E-state index >= 15 is 0 Å². The normalized spacial score (nSPS) is 13.3. The van der Waals surface area contributed by atoms with Gasteiger partial charge in [0, 0.05) is 28.6 Å². The van der Waals surface area contributed by atoms with Crippen LogP contribution in [0.25, 0.3) is 10.2 Å². The first-order valence-electron chi connectivity index (χ1n) is 8.93. The van der Waals surface area contributed by atoms with E-state index in [1.165, 1.54) is 23.5 Å². The minimum absolute atomic E-state index is 0.0858. The highest BCUT2D eigenvalue weighted by Gasteiger charge is 2.22. The molecule has 0 radical (unpaired) electrons. The number of benzene rings is 1. The molecule has 0 saturated heterocycles. The monoisotopic (exact) mass is 402 g/mol. The lowest BCUT2D eigenvalue weighted by Crippen LogP contribution is -2.14. The fourth-order valence-corrected chi connectivity index (χ4v) is 4.46. The number of thiophene rings is 1. The summed E-state index contributed by atoms with van der Waals surface area (Å²) in [6, 6.07) is 2.68. The lowest BCUT2D eigenvalue weighted by atomic mass is 10.1. The summed E-state index contributed by atoms with van der Waals surface area (Å²) < 4.78 is 30.0. The number of hydrogen-bond acceptors (Lipinski definition) is 7. The summed E-state index contributed by atoms with van der Waals surface area (Å²) >= 11 is 1.29. The van der Waals surface area contributed by atoms with Crippen LogP contribution >= 0.6 is 11.3 Å². The first-order chi connectivity index (χ1) is 13.5. The van der Waals surface area contributed by atoms with Gasteiger partial charge in [-0.2, -0.15) is 0 Å². The predicted octanol–water partition coefficient (Wildman–Crippen LogP) is 4.23. The molecule has 1 aliphatic rings. The van der Waals surface area contributed by atoms with E-state index in [2.05, 4.69) is 9.97 Å². The molecule has 0 amide bonds. The number of nitrogens with zero attached hydrogens (tertiary/aromatic N) is 2. The number of halogens is 1. The summed E-state index contributed by atoms with van der Waals surface area (Å²) in [5.74, 6) is 0.373. The van der Waals surface area contributed by atoms with Gasteiger partial charge in [0.1, 0.15) is 33.7 Å². The van der Waals surface area contributed by atoms with Gasteiger partial charge in [-0.25, -0.2) is 19.2 Å². The van der Waals surface area contributed by atoms with Crippen LogP contribution in [-0.4, -0.2) is 22.7 Å². The minimum atomic E-state index is -0.469. The Hall–Kier alpha value is -2.58. The van der Waals surface area contributed by atoms with Gasteiger partial charge in [-0.05, 0) is 31.5 Å². The molecule has 1 aromatic carbocycles. The molecule has 0 fully saturated rings. The van der Waals surface area contributed by atoms with Crippen molar-refractivity contribution in [2.24, 2.45) is 0 Å². The maximum absolute atomic E-state index is 13.9. The Bertz CT molecular complexity index is 1080. The van der Waals surface area contributed by atoms with Gasteiger partial charge in [0.15, 0.2) is 6.79 Å². The average Bonchev–Trinajstić information content (AvgIpc) is 3.02. The van der Waals surface area contributed by atoms with Crippen LogP contribution in [0.5, 0.6) is 5.75 Å². The fraction of sp³-hybridized carbons (Fsp3) is 0.350. The molecule has 28 heavy (non-hydrogen) atoms. The molecule has 2 aromatic heterocycles. The van der Waals surface area contributed by atoms with Crippen molar-refractivity contribution in [2.45, 2.75) is 40.4 Å². The van der Waals surface area contributed by atoms with Crippen molar-refractivity contribution < 1.29 is 23.4 Å². The van der Waals surface area contributed by atoms with Gasteiger partial charge >= 0.3 is 5.97 Å². The summed E-state index contributed by atoms with van der Waals surface area (Å²) in [6.45, 7) is 6.03. The van der Waals surface area contributed by atoms with Crippen LogP contribution in [-0.2, 0) is 29.1 Å². The third kappa shape index (κ3) is 3.33. The van der Waals surface area contributed by atoms with Crippen LogP contribution in [0, 0.1) is 19.7 Å². The molecule has 0 atom stereocenters. The van der Waals surface area contributed by atoms with Crippen LogP contribution in [0.4, 0.5) is 4.39 Å². The quantitative estimate of drug-likeness (QED) is 0.608. The second kappa shape index (κ2) is 7.44. The molecule has 3 heterocycles. The first-order valence-corrected chi connectivity index (χ1v) is 9.75. The van der Waals surface area contributed by atoms with E-state index in [-0.39, 0.29) is 20.0 Å². The van der Waals surface area contributed by atoms with E-state index in [1.54, 1.807) is 0 Å². The molecule has 146 valence electrons. The molecule has 0 N–H and O–H groups in total. The molecule has 0 spiro atoms. The Balaban J connectivity index is 1.61. The zero-order valence-corrected chi connectivity index (χ0v) is 16.6. The van der Waals surface area contributed by atoms with E-state index in [4.69, 9.17) is 14.2 Å². The number of esters is 1. The maximum atomic E-state index is 13.9. The SMILES string of the molecule is CCc1nc(C)c2c(C)c(C(=O)OCc3cc(F)cc4c3OCOC4)sc2n1. The molecule has 1 aliphatic heterocycles. The summed E-state index contributed by atoms with van der Waals surface area (Å²) in [4.78, 5) is 23.0.